The fourth-order valence-electron chi connectivity index (χ4n) is 2.84. The van der Waals surface area contributed by atoms with Crippen molar-refractivity contribution in [3.05, 3.63) is 33.8 Å². The van der Waals surface area contributed by atoms with Crippen molar-refractivity contribution in [3.8, 4) is 6.07 Å². The standard InChI is InChI=1S/C16H18Cl2N2O/c1-2-11-6-8-16(10-19,9-7-11)20-15(21)14-12(17)4-3-5-13(14)18/h3-5,11H,2,6-9H2,1H3,(H,20,21). The van der Waals surface area contributed by atoms with Gasteiger partial charge < -0.3 is 5.32 Å². The lowest BCUT2D eigenvalue weighted by Crippen LogP contribution is -2.49. The molecule has 5 heteroatoms. The summed E-state index contributed by atoms with van der Waals surface area (Å²) in [6, 6.07) is 7.21. The molecule has 0 heterocycles. The van der Waals surface area contributed by atoms with Crippen molar-refractivity contribution in [2.45, 2.75) is 44.6 Å². The van der Waals surface area contributed by atoms with Gasteiger partial charge in [-0.15, -0.1) is 0 Å². The number of amides is 1. The van der Waals surface area contributed by atoms with Crippen molar-refractivity contribution >= 4 is 29.1 Å². The minimum absolute atomic E-state index is 0.244. The van der Waals surface area contributed by atoms with E-state index in [1.807, 2.05) is 0 Å². The Morgan fingerprint density at radius 3 is 2.43 bits per heavy atom. The Morgan fingerprint density at radius 2 is 1.95 bits per heavy atom. The van der Waals surface area contributed by atoms with Gasteiger partial charge in [0.15, 0.2) is 0 Å². The van der Waals surface area contributed by atoms with E-state index in [-0.39, 0.29) is 11.5 Å². The summed E-state index contributed by atoms with van der Waals surface area (Å²) in [7, 11) is 0. The van der Waals surface area contributed by atoms with Gasteiger partial charge in [-0.3, -0.25) is 4.79 Å². The molecule has 0 radical (unpaired) electrons. The van der Waals surface area contributed by atoms with Gasteiger partial charge in [-0.25, -0.2) is 0 Å². The fourth-order valence-corrected chi connectivity index (χ4v) is 3.41. The van der Waals surface area contributed by atoms with E-state index in [2.05, 4.69) is 18.3 Å². The Balaban J connectivity index is 2.16. The molecule has 0 atom stereocenters. The molecular formula is C16H18Cl2N2O. The van der Waals surface area contributed by atoms with Crippen LogP contribution < -0.4 is 5.32 Å². The number of nitrogens with one attached hydrogen (secondary N) is 1. The molecule has 0 bridgehead atoms. The van der Waals surface area contributed by atoms with E-state index >= 15 is 0 Å². The summed E-state index contributed by atoms with van der Waals surface area (Å²) in [6.07, 6.45) is 4.39. The first kappa shape index (κ1) is 16.1. The second kappa shape index (κ2) is 6.68. The second-order valence-corrected chi connectivity index (χ2v) is 6.41. The van der Waals surface area contributed by atoms with Gasteiger partial charge in [0.25, 0.3) is 5.91 Å². The monoisotopic (exact) mass is 324 g/mol. The SMILES string of the molecule is CCC1CCC(C#N)(NC(=O)c2c(Cl)cccc2Cl)CC1. The van der Waals surface area contributed by atoms with Crippen molar-refractivity contribution < 1.29 is 4.79 Å². The van der Waals surface area contributed by atoms with Crippen molar-refractivity contribution in [3.63, 3.8) is 0 Å². The number of carbonyl (C=O) groups excluding carboxylic acids is 1. The van der Waals surface area contributed by atoms with Crippen LogP contribution in [0.5, 0.6) is 0 Å². The molecule has 1 N–H and O–H groups in total. The van der Waals surface area contributed by atoms with E-state index < -0.39 is 5.54 Å². The summed E-state index contributed by atoms with van der Waals surface area (Å²) in [4.78, 5) is 12.4. The normalized spacial score (nSPS) is 25.1. The van der Waals surface area contributed by atoms with Gasteiger partial charge >= 0.3 is 0 Å². The van der Waals surface area contributed by atoms with Gasteiger partial charge in [0.2, 0.25) is 0 Å². The Morgan fingerprint density at radius 1 is 1.38 bits per heavy atom. The zero-order valence-electron chi connectivity index (χ0n) is 12.0. The first-order chi connectivity index (χ1) is 10.0. The summed E-state index contributed by atoms with van der Waals surface area (Å²) in [6.45, 7) is 2.16. The smallest absolute Gasteiger partial charge is 0.255 e. The predicted molar refractivity (Wildman–Crippen MR) is 84.5 cm³/mol. The number of hydrogen-bond acceptors (Lipinski definition) is 2. The molecule has 1 aliphatic rings. The molecule has 0 unspecified atom stereocenters. The average molecular weight is 325 g/mol. The van der Waals surface area contributed by atoms with Crippen molar-refractivity contribution in [2.24, 2.45) is 5.92 Å². The van der Waals surface area contributed by atoms with Crippen LogP contribution in [0.15, 0.2) is 18.2 Å². The molecule has 0 spiro atoms. The maximum atomic E-state index is 12.4. The largest absolute Gasteiger partial charge is 0.334 e. The number of nitriles is 1. The summed E-state index contributed by atoms with van der Waals surface area (Å²) in [5, 5.41) is 13.0. The number of benzene rings is 1. The van der Waals surface area contributed by atoms with Gasteiger partial charge in [-0.1, -0.05) is 42.6 Å². The molecule has 112 valence electrons. The third-order valence-corrected chi connectivity index (χ3v) is 4.92. The Bertz CT molecular complexity index is 552. The first-order valence-corrected chi connectivity index (χ1v) is 7.94. The first-order valence-electron chi connectivity index (χ1n) is 7.19. The van der Waals surface area contributed by atoms with Gasteiger partial charge in [0.05, 0.1) is 21.7 Å². The van der Waals surface area contributed by atoms with E-state index in [1.165, 1.54) is 0 Å². The third-order valence-electron chi connectivity index (χ3n) is 4.29. The van der Waals surface area contributed by atoms with Crippen LogP contribution in [0.1, 0.15) is 49.4 Å². The maximum absolute atomic E-state index is 12.4. The lowest BCUT2D eigenvalue weighted by molar-refractivity contribution is 0.0891. The summed E-state index contributed by atoms with van der Waals surface area (Å²) in [5.74, 6) is 0.273. The van der Waals surface area contributed by atoms with Crippen molar-refractivity contribution in [1.82, 2.24) is 5.32 Å². The highest BCUT2D eigenvalue weighted by molar-refractivity contribution is 6.39. The molecule has 1 fully saturated rings. The van der Waals surface area contributed by atoms with Crippen molar-refractivity contribution in [1.29, 1.82) is 5.26 Å². The minimum Gasteiger partial charge on any atom is -0.334 e. The quantitative estimate of drug-likeness (QED) is 0.884. The molecule has 1 aromatic carbocycles. The molecule has 1 saturated carbocycles. The predicted octanol–water partition coefficient (Wildman–Crippen LogP) is 4.59. The van der Waals surface area contributed by atoms with Gasteiger partial charge in [0, 0.05) is 0 Å². The number of halogens is 2. The molecule has 1 amide bonds. The molecule has 2 rings (SSSR count). The van der Waals surface area contributed by atoms with E-state index in [0.717, 1.165) is 19.3 Å². The summed E-state index contributed by atoms with van der Waals surface area (Å²) in [5.41, 5.74) is -0.557. The molecule has 1 aromatic rings. The number of rotatable bonds is 3. The van der Waals surface area contributed by atoms with Crippen LogP contribution in [-0.4, -0.2) is 11.4 Å². The Hall–Kier alpha value is -1.24. The van der Waals surface area contributed by atoms with E-state index in [0.29, 0.717) is 28.8 Å². The second-order valence-electron chi connectivity index (χ2n) is 5.60. The highest BCUT2D eigenvalue weighted by Crippen LogP contribution is 2.34. The molecule has 1 aliphatic carbocycles. The fraction of sp³-hybridized carbons (Fsp3) is 0.500. The number of nitrogens with zero attached hydrogens (tertiary/aromatic N) is 1. The van der Waals surface area contributed by atoms with Gasteiger partial charge in [-0.2, -0.15) is 5.26 Å². The topological polar surface area (TPSA) is 52.9 Å². The Labute approximate surface area is 135 Å². The molecule has 0 aromatic heterocycles. The molecule has 3 nitrogen and oxygen atoms in total. The zero-order chi connectivity index (χ0) is 15.5. The lowest BCUT2D eigenvalue weighted by atomic mass is 9.76. The zero-order valence-corrected chi connectivity index (χ0v) is 13.5. The third kappa shape index (κ3) is 3.51. The van der Waals surface area contributed by atoms with Crippen LogP contribution in [-0.2, 0) is 0 Å². The molecule has 21 heavy (non-hydrogen) atoms. The highest BCUT2D eigenvalue weighted by atomic mass is 35.5. The lowest BCUT2D eigenvalue weighted by Gasteiger charge is -2.35. The Kier molecular flexibility index (Phi) is 5.13. The van der Waals surface area contributed by atoms with Gasteiger partial charge in [-0.05, 0) is 43.7 Å². The summed E-state index contributed by atoms with van der Waals surface area (Å²) >= 11 is 12.1. The van der Waals surface area contributed by atoms with Crippen LogP contribution in [0.3, 0.4) is 0 Å². The maximum Gasteiger partial charge on any atom is 0.255 e. The van der Waals surface area contributed by atoms with E-state index in [1.54, 1.807) is 18.2 Å². The highest BCUT2D eigenvalue weighted by Gasteiger charge is 2.37. The van der Waals surface area contributed by atoms with Crippen molar-refractivity contribution in [2.75, 3.05) is 0 Å². The number of carbonyl (C=O) groups is 1. The number of hydrogen-bond donors (Lipinski definition) is 1. The molecular weight excluding hydrogens is 307 g/mol. The van der Waals surface area contributed by atoms with Crippen LogP contribution >= 0.6 is 23.2 Å². The van der Waals surface area contributed by atoms with Gasteiger partial charge in [0.1, 0.15) is 5.54 Å². The van der Waals surface area contributed by atoms with E-state index in [4.69, 9.17) is 23.2 Å². The molecule has 0 aliphatic heterocycles. The van der Waals surface area contributed by atoms with E-state index in [9.17, 15) is 10.1 Å². The van der Waals surface area contributed by atoms with Crippen LogP contribution in [0.25, 0.3) is 0 Å². The minimum atomic E-state index is -0.800. The average Bonchev–Trinajstić information content (AvgIpc) is 2.48. The summed E-state index contributed by atoms with van der Waals surface area (Å²) < 4.78 is 0. The van der Waals surface area contributed by atoms with Crippen LogP contribution in [0, 0.1) is 17.2 Å². The van der Waals surface area contributed by atoms with Crippen LogP contribution in [0.4, 0.5) is 0 Å². The molecule has 0 saturated heterocycles. The van der Waals surface area contributed by atoms with Crippen LogP contribution in [0.2, 0.25) is 10.0 Å².